The lowest BCUT2D eigenvalue weighted by atomic mass is 10.3. The average Bonchev–Trinajstić information content (AvgIpc) is 2.19. The third-order valence-electron chi connectivity index (χ3n) is 2.64. The topological polar surface area (TPSA) is 26.0 Å². The zero-order valence-electron chi connectivity index (χ0n) is 9.75. The quantitative estimate of drug-likeness (QED) is 0.342. The summed E-state index contributed by atoms with van der Waals surface area (Å²) in [6, 6.07) is 5.87. The summed E-state index contributed by atoms with van der Waals surface area (Å²) in [4.78, 5) is 0. The summed E-state index contributed by atoms with van der Waals surface area (Å²) < 4.78 is 0. The van der Waals surface area contributed by atoms with E-state index in [2.05, 4.69) is 25.8 Å². The minimum atomic E-state index is -1.37. The van der Waals surface area contributed by atoms with Crippen molar-refractivity contribution in [2.75, 3.05) is 6.54 Å². The third kappa shape index (κ3) is 5.75. The van der Waals surface area contributed by atoms with Crippen molar-refractivity contribution in [3.05, 3.63) is 44.0 Å². The molecule has 85 valence electrons. The predicted molar refractivity (Wildman–Crippen MR) is 73.4 cm³/mol. The number of allylic oxidation sites excluding steroid dienone is 3. The summed E-state index contributed by atoms with van der Waals surface area (Å²) in [5, 5.41) is 0. The van der Waals surface area contributed by atoms with Crippen LogP contribution in [0.4, 0.5) is 0 Å². The van der Waals surface area contributed by atoms with E-state index in [0.29, 0.717) is 0 Å². The summed E-state index contributed by atoms with van der Waals surface area (Å²) >= 11 is 0. The van der Waals surface area contributed by atoms with Crippen molar-refractivity contribution < 1.29 is 0 Å². The van der Waals surface area contributed by atoms with E-state index in [0.717, 1.165) is 37.5 Å². The van der Waals surface area contributed by atoms with Gasteiger partial charge in [-0.05, 0) is 37.1 Å². The van der Waals surface area contributed by atoms with E-state index in [1.54, 1.807) is 0 Å². The lowest BCUT2D eigenvalue weighted by Gasteiger charge is -2.28. The highest BCUT2D eigenvalue weighted by molar-refractivity contribution is 6.84. The molecule has 0 heterocycles. The van der Waals surface area contributed by atoms with Gasteiger partial charge in [-0.15, -0.1) is 19.7 Å². The van der Waals surface area contributed by atoms with Crippen molar-refractivity contribution in [3.63, 3.8) is 0 Å². The largest absolute Gasteiger partial charge is 0.330 e. The Hall–Kier alpha value is -0.603. The SMILES string of the molecule is C=CC[Si]([CH]CCCN)(CC=C)CC=C. The highest BCUT2D eigenvalue weighted by Gasteiger charge is 2.27. The first-order valence-corrected chi connectivity index (χ1v) is 8.31. The fourth-order valence-corrected chi connectivity index (χ4v) is 5.43. The highest BCUT2D eigenvalue weighted by atomic mass is 28.3. The van der Waals surface area contributed by atoms with Crippen molar-refractivity contribution >= 4 is 8.07 Å². The minimum absolute atomic E-state index is 0.775. The maximum absolute atomic E-state index is 5.51. The van der Waals surface area contributed by atoms with Crippen LogP contribution in [0.5, 0.6) is 0 Å². The van der Waals surface area contributed by atoms with Crippen LogP contribution in [0, 0.1) is 6.04 Å². The van der Waals surface area contributed by atoms with Gasteiger partial charge < -0.3 is 5.73 Å². The number of nitrogens with two attached hydrogens (primary N) is 1. The van der Waals surface area contributed by atoms with Gasteiger partial charge in [0.15, 0.2) is 0 Å². The lowest BCUT2D eigenvalue weighted by molar-refractivity contribution is 0.836. The zero-order chi connectivity index (χ0) is 11.6. The molecule has 0 aromatic carbocycles. The van der Waals surface area contributed by atoms with Gasteiger partial charge in [-0.2, -0.15) is 0 Å². The second-order valence-corrected chi connectivity index (χ2v) is 8.33. The van der Waals surface area contributed by atoms with Crippen molar-refractivity contribution in [3.8, 4) is 0 Å². The van der Waals surface area contributed by atoms with E-state index < -0.39 is 8.07 Å². The Bertz CT molecular complexity index is 172. The predicted octanol–water partition coefficient (Wildman–Crippen LogP) is 3.48. The van der Waals surface area contributed by atoms with Crippen molar-refractivity contribution in [2.45, 2.75) is 31.0 Å². The summed E-state index contributed by atoms with van der Waals surface area (Å²) in [7, 11) is -1.37. The van der Waals surface area contributed by atoms with Crippen molar-refractivity contribution in [1.82, 2.24) is 0 Å². The summed E-state index contributed by atoms with van der Waals surface area (Å²) in [6.07, 6.45) is 8.33. The third-order valence-corrected chi connectivity index (χ3v) is 7.10. The molecule has 0 aromatic heterocycles. The van der Waals surface area contributed by atoms with Crippen LogP contribution in [-0.2, 0) is 0 Å². The van der Waals surface area contributed by atoms with Crippen LogP contribution in [0.15, 0.2) is 38.0 Å². The molecule has 0 saturated carbocycles. The van der Waals surface area contributed by atoms with Crippen molar-refractivity contribution in [2.24, 2.45) is 5.73 Å². The van der Waals surface area contributed by atoms with E-state index in [9.17, 15) is 0 Å². The number of hydrogen-bond donors (Lipinski definition) is 1. The molecular formula is C13H24NSi. The van der Waals surface area contributed by atoms with Gasteiger partial charge in [-0.3, -0.25) is 0 Å². The summed E-state index contributed by atoms with van der Waals surface area (Å²) in [5.41, 5.74) is 5.51. The monoisotopic (exact) mass is 222 g/mol. The van der Waals surface area contributed by atoms with Gasteiger partial charge in [-0.1, -0.05) is 24.6 Å². The van der Waals surface area contributed by atoms with Gasteiger partial charge in [0.2, 0.25) is 0 Å². The molecule has 0 amide bonds. The average molecular weight is 222 g/mol. The van der Waals surface area contributed by atoms with E-state index in [4.69, 9.17) is 5.73 Å². The van der Waals surface area contributed by atoms with Crippen LogP contribution < -0.4 is 5.73 Å². The molecule has 0 fully saturated rings. The zero-order valence-corrected chi connectivity index (χ0v) is 10.8. The molecule has 0 aromatic rings. The molecule has 0 rings (SSSR count). The first kappa shape index (κ1) is 14.4. The number of unbranched alkanes of at least 4 members (excludes halogenated alkanes) is 1. The molecule has 1 nitrogen and oxygen atoms in total. The van der Waals surface area contributed by atoms with Crippen LogP contribution in [0.25, 0.3) is 0 Å². The van der Waals surface area contributed by atoms with Crippen LogP contribution in [0.3, 0.4) is 0 Å². The molecule has 0 unspecified atom stereocenters. The van der Waals surface area contributed by atoms with E-state index >= 15 is 0 Å². The Labute approximate surface area is 95.8 Å². The highest BCUT2D eigenvalue weighted by Crippen LogP contribution is 2.27. The Balaban J connectivity index is 4.36. The molecule has 1 radical (unpaired) electrons. The second kappa shape index (κ2) is 8.68. The maximum Gasteiger partial charge on any atom is 0.0679 e. The van der Waals surface area contributed by atoms with Crippen LogP contribution in [-0.4, -0.2) is 14.6 Å². The first-order chi connectivity index (χ1) is 7.24. The van der Waals surface area contributed by atoms with Gasteiger partial charge in [0.25, 0.3) is 0 Å². The normalized spacial score (nSPS) is 11.0. The fourth-order valence-electron chi connectivity index (χ4n) is 1.89. The smallest absolute Gasteiger partial charge is 0.0679 e. The summed E-state index contributed by atoms with van der Waals surface area (Å²) in [5.74, 6) is 0. The maximum atomic E-state index is 5.51. The van der Waals surface area contributed by atoms with E-state index in [1.807, 2.05) is 18.2 Å². The molecular weight excluding hydrogens is 198 g/mol. The molecule has 0 aliphatic heterocycles. The van der Waals surface area contributed by atoms with Crippen LogP contribution in [0.1, 0.15) is 12.8 Å². The standard InChI is InChI=1S/C13H24NSi/c1-4-10-15(11-5-2,12-6-3)13-8-7-9-14/h4-6,13H,1-3,7-12,14H2. The van der Waals surface area contributed by atoms with Crippen LogP contribution >= 0.6 is 0 Å². The lowest BCUT2D eigenvalue weighted by Crippen LogP contribution is -2.33. The second-order valence-electron chi connectivity index (χ2n) is 3.98. The molecule has 0 bridgehead atoms. The first-order valence-electron chi connectivity index (χ1n) is 5.62. The molecule has 0 saturated heterocycles. The molecule has 0 atom stereocenters. The Kier molecular flexibility index (Phi) is 8.34. The summed E-state index contributed by atoms with van der Waals surface area (Å²) in [6.45, 7) is 12.4. The van der Waals surface area contributed by atoms with E-state index in [-0.39, 0.29) is 0 Å². The molecule has 2 N–H and O–H groups in total. The van der Waals surface area contributed by atoms with E-state index in [1.165, 1.54) is 0 Å². The number of hydrogen-bond acceptors (Lipinski definition) is 1. The fraction of sp³-hybridized carbons (Fsp3) is 0.462. The Morgan fingerprint density at radius 3 is 1.73 bits per heavy atom. The minimum Gasteiger partial charge on any atom is -0.330 e. The van der Waals surface area contributed by atoms with Gasteiger partial charge >= 0.3 is 0 Å². The molecule has 2 heteroatoms. The Morgan fingerprint density at radius 2 is 1.40 bits per heavy atom. The van der Waals surface area contributed by atoms with Crippen molar-refractivity contribution in [1.29, 1.82) is 0 Å². The molecule has 15 heavy (non-hydrogen) atoms. The van der Waals surface area contributed by atoms with Gasteiger partial charge in [0, 0.05) is 0 Å². The molecule has 0 spiro atoms. The Morgan fingerprint density at radius 1 is 0.933 bits per heavy atom. The molecule has 0 aliphatic rings. The van der Waals surface area contributed by atoms with Gasteiger partial charge in [-0.25, -0.2) is 0 Å². The van der Waals surface area contributed by atoms with Crippen LogP contribution in [0.2, 0.25) is 18.1 Å². The van der Waals surface area contributed by atoms with Gasteiger partial charge in [0.05, 0.1) is 8.07 Å². The molecule has 0 aliphatic carbocycles. The number of rotatable bonds is 10. The van der Waals surface area contributed by atoms with Gasteiger partial charge in [0.1, 0.15) is 0 Å².